The number of hydrogen-bond donors (Lipinski definition) is 0. The van der Waals surface area contributed by atoms with Crippen LogP contribution in [0.15, 0.2) is 0 Å². The predicted molar refractivity (Wildman–Crippen MR) is 69.9 cm³/mol. The van der Waals surface area contributed by atoms with E-state index in [0.29, 0.717) is 6.61 Å². The van der Waals surface area contributed by atoms with Gasteiger partial charge in [-0.2, -0.15) is 0 Å². The van der Waals surface area contributed by atoms with Gasteiger partial charge in [-0.3, -0.25) is 0 Å². The second-order valence-corrected chi connectivity index (χ2v) is 3.20. The van der Waals surface area contributed by atoms with E-state index in [9.17, 15) is 0 Å². The maximum absolute atomic E-state index is 5.54. The Morgan fingerprint density at radius 1 is 1.00 bits per heavy atom. The molecule has 0 rings (SSSR count). The van der Waals surface area contributed by atoms with Crippen molar-refractivity contribution in [1.29, 1.82) is 0 Å². The molecule has 0 bridgehead atoms. The zero-order valence-corrected chi connectivity index (χ0v) is 11.1. The van der Waals surface area contributed by atoms with Crippen molar-refractivity contribution in [2.24, 2.45) is 0 Å². The van der Waals surface area contributed by atoms with Crippen molar-refractivity contribution < 1.29 is 9.47 Å². The molecule has 2 heteroatoms. The summed E-state index contributed by atoms with van der Waals surface area (Å²) in [6.07, 6.45) is 0.873. The summed E-state index contributed by atoms with van der Waals surface area (Å²) in [5, 5.41) is 0. The minimum atomic E-state index is -0.544. The van der Waals surface area contributed by atoms with Gasteiger partial charge in [0.1, 0.15) is 12.7 Å². The van der Waals surface area contributed by atoms with Crippen LogP contribution in [0.1, 0.15) is 40.5 Å². The number of ether oxygens (including phenoxy) is 2. The van der Waals surface area contributed by atoms with E-state index in [1.807, 2.05) is 20.8 Å². The molecule has 92 valence electrons. The highest BCUT2D eigenvalue weighted by Gasteiger charge is 2.08. The van der Waals surface area contributed by atoms with Crippen LogP contribution in [-0.4, -0.2) is 19.0 Å². The molecule has 0 aliphatic heterocycles. The summed E-state index contributed by atoms with van der Waals surface area (Å²) < 4.78 is 11.0. The highest BCUT2D eigenvalue weighted by molar-refractivity contribution is 5.06. The summed E-state index contributed by atoms with van der Waals surface area (Å²) in [7, 11) is 0. The van der Waals surface area contributed by atoms with Crippen molar-refractivity contribution in [3.05, 3.63) is 0 Å². The third-order valence-corrected chi connectivity index (χ3v) is 1.68. The molecule has 2 atom stereocenters. The first-order chi connectivity index (χ1) is 8.24. The lowest BCUT2D eigenvalue weighted by Gasteiger charge is -2.13. The lowest BCUT2D eigenvalue weighted by Crippen LogP contribution is -2.20. The molecule has 0 aromatic heterocycles. The van der Waals surface area contributed by atoms with Crippen molar-refractivity contribution in [1.82, 2.24) is 0 Å². The maximum atomic E-state index is 5.54. The minimum absolute atomic E-state index is 0.185. The summed E-state index contributed by atoms with van der Waals surface area (Å²) in [5.41, 5.74) is 0. The second kappa shape index (κ2) is 11.1. The monoisotopic (exact) mass is 232 g/mol. The molecule has 2 nitrogen and oxygen atoms in total. The molecule has 2 unspecified atom stereocenters. The Morgan fingerprint density at radius 3 is 2.29 bits per heavy atom. The standard InChI is InChI=1S/C15H20O2/c1-5-8-10-13-16-15(12-9-6-2)17-14(4)11-7-3/h14-15H,5-6,13H2,1-4H3. The van der Waals surface area contributed by atoms with Gasteiger partial charge in [-0.05, 0) is 19.8 Å². The van der Waals surface area contributed by atoms with E-state index in [2.05, 4.69) is 35.5 Å². The van der Waals surface area contributed by atoms with Crippen LogP contribution in [-0.2, 0) is 9.47 Å². The normalized spacial score (nSPS) is 12.0. The Balaban J connectivity index is 4.26. The molecule has 0 aromatic carbocycles. The fraction of sp³-hybridized carbons (Fsp3) is 0.600. The molecule has 17 heavy (non-hydrogen) atoms. The van der Waals surface area contributed by atoms with Gasteiger partial charge in [-0.25, -0.2) is 0 Å². The van der Waals surface area contributed by atoms with Crippen molar-refractivity contribution in [3.8, 4) is 35.5 Å². The van der Waals surface area contributed by atoms with Crippen molar-refractivity contribution in [2.75, 3.05) is 6.61 Å². The zero-order valence-electron chi connectivity index (χ0n) is 11.1. The first-order valence-corrected chi connectivity index (χ1v) is 5.88. The van der Waals surface area contributed by atoms with Crippen LogP contribution in [0.3, 0.4) is 0 Å². The molecule has 0 aliphatic carbocycles. The van der Waals surface area contributed by atoms with Crippen LogP contribution in [0.2, 0.25) is 0 Å². The van der Waals surface area contributed by atoms with Crippen LogP contribution in [0.4, 0.5) is 0 Å². The Hall–Kier alpha value is -1.40. The fourth-order valence-corrected chi connectivity index (χ4v) is 1.02. The van der Waals surface area contributed by atoms with E-state index in [1.165, 1.54) is 0 Å². The average Bonchev–Trinajstić information content (AvgIpc) is 2.31. The topological polar surface area (TPSA) is 18.5 Å². The third kappa shape index (κ3) is 9.52. The van der Waals surface area contributed by atoms with Crippen LogP contribution < -0.4 is 0 Å². The SMILES string of the molecule is CC#CC(C)OC(C#CCC)OCC#CCC. The van der Waals surface area contributed by atoms with E-state index in [4.69, 9.17) is 9.47 Å². The highest BCUT2D eigenvalue weighted by Crippen LogP contribution is 1.99. The van der Waals surface area contributed by atoms with Gasteiger partial charge in [0.15, 0.2) is 0 Å². The first-order valence-electron chi connectivity index (χ1n) is 5.88. The Bertz CT molecular complexity index is 365. The largest absolute Gasteiger partial charge is 0.329 e. The molecule has 0 saturated carbocycles. The highest BCUT2D eigenvalue weighted by atomic mass is 16.7. The van der Waals surface area contributed by atoms with Crippen LogP contribution in [0.5, 0.6) is 0 Å². The average molecular weight is 232 g/mol. The van der Waals surface area contributed by atoms with Crippen molar-refractivity contribution in [2.45, 2.75) is 52.9 Å². The Labute approximate surface area is 105 Å². The molecule has 0 radical (unpaired) electrons. The summed E-state index contributed by atoms with van der Waals surface area (Å²) in [6.45, 7) is 7.97. The van der Waals surface area contributed by atoms with Gasteiger partial charge >= 0.3 is 0 Å². The Morgan fingerprint density at radius 2 is 1.71 bits per heavy atom. The van der Waals surface area contributed by atoms with Crippen molar-refractivity contribution >= 4 is 0 Å². The van der Waals surface area contributed by atoms with Crippen LogP contribution in [0.25, 0.3) is 0 Å². The quantitative estimate of drug-likeness (QED) is 0.548. The van der Waals surface area contributed by atoms with Crippen molar-refractivity contribution in [3.63, 3.8) is 0 Å². The van der Waals surface area contributed by atoms with Crippen LogP contribution in [0, 0.1) is 35.5 Å². The summed E-state index contributed by atoms with van der Waals surface area (Å²) >= 11 is 0. The fourth-order valence-electron chi connectivity index (χ4n) is 1.02. The van der Waals surface area contributed by atoms with Gasteiger partial charge in [-0.15, -0.1) is 11.8 Å². The lowest BCUT2D eigenvalue weighted by molar-refractivity contribution is -0.108. The smallest absolute Gasteiger partial charge is 0.224 e. The van der Waals surface area contributed by atoms with Gasteiger partial charge in [0, 0.05) is 12.8 Å². The van der Waals surface area contributed by atoms with E-state index in [1.54, 1.807) is 6.92 Å². The maximum Gasteiger partial charge on any atom is 0.224 e. The summed E-state index contributed by atoms with van der Waals surface area (Å²) in [5.74, 6) is 17.4. The molecule has 0 amide bonds. The molecule has 0 saturated heterocycles. The van der Waals surface area contributed by atoms with Gasteiger partial charge in [0.2, 0.25) is 6.29 Å². The minimum Gasteiger partial charge on any atom is -0.329 e. The Kier molecular flexibility index (Phi) is 10.2. The molecule has 0 heterocycles. The van der Waals surface area contributed by atoms with E-state index < -0.39 is 6.29 Å². The molecule has 0 fully saturated rings. The molecule has 0 aromatic rings. The summed E-state index contributed by atoms with van der Waals surface area (Å²) in [4.78, 5) is 0. The first kappa shape index (κ1) is 15.6. The predicted octanol–water partition coefficient (Wildman–Crippen LogP) is 2.58. The van der Waals surface area contributed by atoms with E-state index in [-0.39, 0.29) is 6.10 Å². The lowest BCUT2D eigenvalue weighted by atomic mass is 10.4. The number of hydrogen-bond acceptors (Lipinski definition) is 2. The molecule has 0 spiro atoms. The van der Waals surface area contributed by atoms with E-state index in [0.717, 1.165) is 12.8 Å². The molecule has 0 N–H and O–H groups in total. The zero-order chi connectivity index (χ0) is 12.9. The second-order valence-electron chi connectivity index (χ2n) is 3.20. The van der Waals surface area contributed by atoms with Gasteiger partial charge < -0.3 is 9.47 Å². The number of rotatable bonds is 4. The van der Waals surface area contributed by atoms with Crippen LogP contribution >= 0.6 is 0 Å². The van der Waals surface area contributed by atoms with Gasteiger partial charge in [-0.1, -0.05) is 31.6 Å². The van der Waals surface area contributed by atoms with E-state index >= 15 is 0 Å². The third-order valence-electron chi connectivity index (χ3n) is 1.68. The van der Waals surface area contributed by atoms with Gasteiger partial charge in [0.05, 0.1) is 0 Å². The van der Waals surface area contributed by atoms with Gasteiger partial charge in [0.25, 0.3) is 0 Å². The molecular weight excluding hydrogens is 212 g/mol. The molecular formula is C15H20O2. The molecule has 0 aliphatic rings. The summed E-state index contributed by atoms with van der Waals surface area (Å²) in [6, 6.07) is 0.